The molecule has 5 heteroatoms. The van der Waals surface area contributed by atoms with Crippen molar-refractivity contribution >= 4 is 5.78 Å². The number of nitrogens with zero attached hydrogens (tertiary/aromatic N) is 1. The van der Waals surface area contributed by atoms with Crippen LogP contribution in [0.1, 0.15) is 16.1 Å². The van der Waals surface area contributed by atoms with Crippen molar-refractivity contribution in [1.29, 1.82) is 0 Å². The van der Waals surface area contributed by atoms with Crippen LogP contribution in [0.4, 0.5) is 13.2 Å². The van der Waals surface area contributed by atoms with Crippen molar-refractivity contribution in [3.05, 3.63) is 65.2 Å². The van der Waals surface area contributed by atoms with Gasteiger partial charge in [0.15, 0.2) is 23.2 Å². The van der Waals surface area contributed by atoms with E-state index in [4.69, 9.17) is 0 Å². The average Bonchev–Trinajstić information content (AvgIpc) is 2.36. The Hall–Kier alpha value is -2.17. The molecular weight excluding hydrogens is 243 g/mol. The molecule has 0 amide bonds. The smallest absolute Gasteiger partial charge is 0.194 e. The lowest BCUT2D eigenvalue weighted by Crippen LogP contribution is -2.07. The Morgan fingerprint density at radius 1 is 1.11 bits per heavy atom. The van der Waals surface area contributed by atoms with Crippen molar-refractivity contribution in [2.75, 3.05) is 0 Å². The summed E-state index contributed by atoms with van der Waals surface area (Å²) in [6, 6.07) is 6.37. The van der Waals surface area contributed by atoms with Crippen LogP contribution in [0, 0.1) is 17.5 Å². The standard InChI is InChI=1S/C13H8F3NO/c14-10-5-8(6-11(15)13(10)16)12(18)7-9-3-1-2-4-17-9/h1-6H,7H2. The first-order valence-corrected chi connectivity index (χ1v) is 5.15. The Morgan fingerprint density at radius 3 is 2.33 bits per heavy atom. The van der Waals surface area contributed by atoms with Gasteiger partial charge >= 0.3 is 0 Å². The molecule has 18 heavy (non-hydrogen) atoms. The fourth-order valence-corrected chi connectivity index (χ4v) is 1.49. The summed E-state index contributed by atoms with van der Waals surface area (Å²) in [4.78, 5) is 15.7. The Balaban J connectivity index is 2.25. The largest absolute Gasteiger partial charge is 0.294 e. The van der Waals surface area contributed by atoms with Crippen LogP contribution in [0.25, 0.3) is 0 Å². The maximum absolute atomic E-state index is 13.0. The van der Waals surface area contributed by atoms with E-state index in [0.717, 1.165) is 0 Å². The van der Waals surface area contributed by atoms with Crippen molar-refractivity contribution in [3.63, 3.8) is 0 Å². The number of benzene rings is 1. The van der Waals surface area contributed by atoms with Gasteiger partial charge in [0.05, 0.1) is 6.42 Å². The zero-order valence-corrected chi connectivity index (χ0v) is 9.16. The van der Waals surface area contributed by atoms with Gasteiger partial charge in [0, 0.05) is 17.5 Å². The fraction of sp³-hybridized carbons (Fsp3) is 0.0769. The van der Waals surface area contributed by atoms with Crippen LogP contribution in [0.5, 0.6) is 0 Å². The number of carbonyl (C=O) groups excluding carboxylic acids is 1. The highest BCUT2D eigenvalue weighted by Gasteiger charge is 2.15. The zero-order chi connectivity index (χ0) is 13.1. The molecule has 2 nitrogen and oxygen atoms in total. The van der Waals surface area contributed by atoms with Gasteiger partial charge in [-0.1, -0.05) is 6.07 Å². The molecule has 2 rings (SSSR count). The normalized spacial score (nSPS) is 10.4. The van der Waals surface area contributed by atoms with Gasteiger partial charge in [-0.15, -0.1) is 0 Å². The molecule has 0 unspecified atom stereocenters. The summed E-state index contributed by atoms with van der Waals surface area (Å²) in [5, 5.41) is 0. The third kappa shape index (κ3) is 2.56. The Kier molecular flexibility index (Phi) is 3.41. The minimum Gasteiger partial charge on any atom is -0.294 e. The second-order valence-electron chi connectivity index (χ2n) is 3.67. The second-order valence-corrected chi connectivity index (χ2v) is 3.67. The molecule has 0 aliphatic carbocycles. The predicted molar refractivity (Wildman–Crippen MR) is 58.6 cm³/mol. The van der Waals surface area contributed by atoms with Crippen LogP contribution in [-0.2, 0) is 6.42 Å². The minimum absolute atomic E-state index is 0.0919. The zero-order valence-electron chi connectivity index (χ0n) is 9.16. The quantitative estimate of drug-likeness (QED) is 0.620. The summed E-state index contributed by atoms with van der Waals surface area (Å²) in [7, 11) is 0. The summed E-state index contributed by atoms with van der Waals surface area (Å²) in [6.07, 6.45) is 1.42. The number of Topliss-reactive ketones (excluding diaryl/α,β-unsaturated/α-hetero) is 1. The molecule has 1 heterocycles. The highest BCUT2D eigenvalue weighted by molar-refractivity contribution is 5.97. The van der Waals surface area contributed by atoms with Gasteiger partial charge in [0.1, 0.15) is 0 Å². The number of hydrogen-bond donors (Lipinski definition) is 0. The van der Waals surface area contributed by atoms with Gasteiger partial charge in [-0.3, -0.25) is 9.78 Å². The van der Waals surface area contributed by atoms with E-state index in [2.05, 4.69) is 4.98 Å². The van der Waals surface area contributed by atoms with Gasteiger partial charge in [-0.05, 0) is 24.3 Å². The molecule has 0 spiro atoms. The van der Waals surface area contributed by atoms with E-state index < -0.39 is 23.2 Å². The Bertz CT molecular complexity index is 561. The molecule has 0 fully saturated rings. The molecule has 2 aromatic rings. The van der Waals surface area contributed by atoms with Gasteiger partial charge in [0.2, 0.25) is 0 Å². The Labute approximate surface area is 101 Å². The number of carbonyl (C=O) groups is 1. The van der Waals surface area contributed by atoms with Crippen molar-refractivity contribution < 1.29 is 18.0 Å². The van der Waals surface area contributed by atoms with E-state index in [0.29, 0.717) is 17.8 Å². The number of halogens is 3. The first-order chi connectivity index (χ1) is 8.58. The molecule has 1 aromatic heterocycles. The lowest BCUT2D eigenvalue weighted by atomic mass is 10.1. The van der Waals surface area contributed by atoms with E-state index in [1.54, 1.807) is 18.2 Å². The second kappa shape index (κ2) is 5.00. The van der Waals surface area contributed by atoms with Crippen LogP contribution in [0.2, 0.25) is 0 Å². The lowest BCUT2D eigenvalue weighted by Gasteiger charge is -2.02. The Morgan fingerprint density at radius 2 is 1.78 bits per heavy atom. The van der Waals surface area contributed by atoms with Crippen molar-refractivity contribution in [2.45, 2.75) is 6.42 Å². The number of rotatable bonds is 3. The fourth-order valence-electron chi connectivity index (χ4n) is 1.49. The van der Waals surface area contributed by atoms with Crippen LogP contribution in [-0.4, -0.2) is 10.8 Å². The van der Waals surface area contributed by atoms with Crippen LogP contribution < -0.4 is 0 Å². The summed E-state index contributed by atoms with van der Waals surface area (Å²) in [6.45, 7) is 0. The maximum atomic E-state index is 13.0. The number of aromatic nitrogens is 1. The molecule has 0 saturated heterocycles. The number of hydrogen-bond acceptors (Lipinski definition) is 2. The lowest BCUT2D eigenvalue weighted by molar-refractivity contribution is 0.0991. The van der Waals surface area contributed by atoms with Crippen LogP contribution in [0.15, 0.2) is 36.5 Å². The predicted octanol–water partition coefficient (Wildman–Crippen LogP) is 2.92. The molecule has 0 aliphatic rings. The highest BCUT2D eigenvalue weighted by Crippen LogP contribution is 2.15. The first kappa shape index (κ1) is 12.3. The van der Waals surface area contributed by atoms with Crippen molar-refractivity contribution in [1.82, 2.24) is 4.98 Å². The molecular formula is C13H8F3NO. The van der Waals surface area contributed by atoms with Gasteiger partial charge in [0.25, 0.3) is 0 Å². The molecule has 0 N–H and O–H groups in total. The van der Waals surface area contributed by atoms with Crippen molar-refractivity contribution in [2.24, 2.45) is 0 Å². The maximum Gasteiger partial charge on any atom is 0.194 e. The SMILES string of the molecule is O=C(Cc1ccccn1)c1cc(F)c(F)c(F)c1. The monoisotopic (exact) mass is 251 g/mol. The van der Waals surface area contributed by atoms with Crippen LogP contribution >= 0.6 is 0 Å². The first-order valence-electron chi connectivity index (χ1n) is 5.15. The topological polar surface area (TPSA) is 30.0 Å². The molecule has 0 saturated carbocycles. The summed E-state index contributed by atoms with van der Waals surface area (Å²) >= 11 is 0. The summed E-state index contributed by atoms with van der Waals surface area (Å²) < 4.78 is 38.6. The molecule has 0 atom stereocenters. The van der Waals surface area contributed by atoms with Gasteiger partial charge in [-0.2, -0.15) is 0 Å². The number of pyridine rings is 1. The van der Waals surface area contributed by atoms with Gasteiger partial charge < -0.3 is 0 Å². The summed E-state index contributed by atoms with van der Waals surface area (Å²) in [5.41, 5.74) is 0.268. The van der Waals surface area contributed by atoms with E-state index in [1.165, 1.54) is 6.20 Å². The minimum atomic E-state index is -1.58. The molecule has 1 aromatic carbocycles. The van der Waals surface area contributed by atoms with E-state index >= 15 is 0 Å². The van der Waals surface area contributed by atoms with E-state index in [1.807, 2.05) is 0 Å². The van der Waals surface area contributed by atoms with E-state index in [-0.39, 0.29) is 12.0 Å². The van der Waals surface area contributed by atoms with Gasteiger partial charge in [-0.25, -0.2) is 13.2 Å². The third-order valence-corrected chi connectivity index (χ3v) is 2.37. The molecule has 0 radical (unpaired) electrons. The summed E-state index contributed by atoms with van der Waals surface area (Å²) in [5.74, 6) is -4.85. The average molecular weight is 251 g/mol. The number of ketones is 1. The van der Waals surface area contributed by atoms with E-state index in [9.17, 15) is 18.0 Å². The van der Waals surface area contributed by atoms with Crippen molar-refractivity contribution in [3.8, 4) is 0 Å². The molecule has 0 bridgehead atoms. The third-order valence-electron chi connectivity index (χ3n) is 2.37. The molecule has 0 aliphatic heterocycles. The molecule has 92 valence electrons. The highest BCUT2D eigenvalue weighted by atomic mass is 19.2. The van der Waals surface area contributed by atoms with Crippen LogP contribution in [0.3, 0.4) is 0 Å².